The van der Waals surface area contributed by atoms with Crippen molar-refractivity contribution in [3.63, 3.8) is 0 Å². The van der Waals surface area contributed by atoms with E-state index in [-0.39, 0.29) is 18.2 Å². The Kier molecular flexibility index (Phi) is 2.56. The fourth-order valence-corrected chi connectivity index (χ4v) is 1.08. The summed E-state index contributed by atoms with van der Waals surface area (Å²) in [6, 6.07) is 0. The monoisotopic (exact) mass is 208 g/mol. The average molecular weight is 208 g/mol. The molecule has 1 N–H and O–H groups in total. The second-order valence-corrected chi connectivity index (χ2v) is 3.69. The van der Waals surface area contributed by atoms with E-state index in [1.165, 1.54) is 0 Å². The van der Waals surface area contributed by atoms with Crippen LogP contribution in [0.2, 0.25) is 0 Å². The highest BCUT2D eigenvalue weighted by atomic mass is 19.4. The van der Waals surface area contributed by atoms with Crippen molar-refractivity contribution >= 4 is 11.7 Å². The Bertz CT molecular complexity index is 281. The van der Waals surface area contributed by atoms with Gasteiger partial charge in [-0.25, -0.2) is 0 Å². The number of nitrogens with zero attached hydrogens (tertiary/aromatic N) is 1. The van der Waals surface area contributed by atoms with Crippen molar-refractivity contribution in [1.82, 2.24) is 5.32 Å². The number of carbonyl (C=O) groups is 1. The molecule has 1 heterocycles. The quantitative estimate of drug-likeness (QED) is 0.736. The first-order valence-electron chi connectivity index (χ1n) is 4.18. The molecule has 0 fully saturated rings. The van der Waals surface area contributed by atoms with Crippen molar-refractivity contribution in [3.8, 4) is 0 Å². The van der Waals surface area contributed by atoms with E-state index >= 15 is 0 Å². The van der Waals surface area contributed by atoms with Gasteiger partial charge in [0.05, 0.1) is 6.42 Å². The largest absolute Gasteiger partial charge is 0.389 e. The summed E-state index contributed by atoms with van der Waals surface area (Å²) in [5, 5.41) is 2.33. The van der Waals surface area contributed by atoms with Crippen molar-refractivity contribution in [2.24, 2.45) is 4.99 Å². The fraction of sp³-hybridized carbons (Fsp3) is 0.750. The van der Waals surface area contributed by atoms with Gasteiger partial charge in [0.15, 0.2) is 0 Å². The molecule has 0 aromatic rings. The molecule has 0 bridgehead atoms. The van der Waals surface area contributed by atoms with Crippen molar-refractivity contribution in [2.75, 3.05) is 0 Å². The number of nitrogens with one attached hydrogen (secondary N) is 1. The van der Waals surface area contributed by atoms with Crippen LogP contribution in [0.15, 0.2) is 4.99 Å². The van der Waals surface area contributed by atoms with Crippen LogP contribution in [0.5, 0.6) is 0 Å². The maximum absolute atomic E-state index is 11.8. The van der Waals surface area contributed by atoms with Crippen LogP contribution in [0, 0.1) is 0 Å². The van der Waals surface area contributed by atoms with Crippen LogP contribution < -0.4 is 5.32 Å². The zero-order chi connectivity index (χ0) is 11.0. The highest BCUT2D eigenvalue weighted by Gasteiger charge is 2.35. The van der Waals surface area contributed by atoms with E-state index in [4.69, 9.17) is 0 Å². The molecule has 0 aromatic carbocycles. The number of hydrogen-bond acceptors (Lipinski definition) is 2. The number of rotatable bonds is 2. The molecule has 1 aliphatic rings. The van der Waals surface area contributed by atoms with E-state index in [0.29, 0.717) is 0 Å². The lowest BCUT2D eigenvalue weighted by Gasteiger charge is -2.07. The van der Waals surface area contributed by atoms with Gasteiger partial charge in [-0.3, -0.25) is 9.79 Å². The second-order valence-electron chi connectivity index (χ2n) is 3.69. The van der Waals surface area contributed by atoms with Crippen LogP contribution in [0.4, 0.5) is 13.2 Å². The third-order valence-electron chi connectivity index (χ3n) is 1.87. The summed E-state index contributed by atoms with van der Waals surface area (Å²) < 4.78 is 35.5. The van der Waals surface area contributed by atoms with Crippen LogP contribution >= 0.6 is 0 Å². The van der Waals surface area contributed by atoms with E-state index in [1.807, 2.05) is 0 Å². The smallest absolute Gasteiger partial charge is 0.312 e. The van der Waals surface area contributed by atoms with Crippen LogP contribution in [0.3, 0.4) is 0 Å². The molecular weight excluding hydrogens is 197 g/mol. The SMILES string of the molecule is CC1(C)N=C(CCC(F)(F)F)NC1=O. The molecular formula is C8H11F3N2O. The summed E-state index contributed by atoms with van der Waals surface area (Å²) in [5.41, 5.74) is -0.930. The minimum absolute atomic E-state index is 0.123. The molecule has 0 aliphatic carbocycles. The van der Waals surface area contributed by atoms with Crippen molar-refractivity contribution in [1.29, 1.82) is 0 Å². The maximum Gasteiger partial charge on any atom is 0.389 e. The van der Waals surface area contributed by atoms with Crippen LogP contribution in [-0.2, 0) is 4.79 Å². The molecule has 80 valence electrons. The van der Waals surface area contributed by atoms with Gasteiger partial charge in [0.2, 0.25) is 0 Å². The number of hydrogen-bond donors (Lipinski definition) is 1. The lowest BCUT2D eigenvalue weighted by molar-refractivity contribution is -0.133. The molecule has 6 heteroatoms. The fourth-order valence-electron chi connectivity index (χ4n) is 1.08. The van der Waals surface area contributed by atoms with E-state index in [2.05, 4.69) is 10.3 Å². The highest BCUT2D eigenvalue weighted by Crippen LogP contribution is 2.23. The Labute approximate surface area is 79.4 Å². The molecule has 3 nitrogen and oxygen atoms in total. The van der Waals surface area contributed by atoms with Crippen LogP contribution in [0.1, 0.15) is 26.7 Å². The molecule has 1 amide bonds. The van der Waals surface area contributed by atoms with Crippen molar-refractivity contribution in [3.05, 3.63) is 0 Å². The van der Waals surface area contributed by atoms with Gasteiger partial charge >= 0.3 is 6.18 Å². The minimum Gasteiger partial charge on any atom is -0.312 e. The molecule has 1 rings (SSSR count). The normalized spacial score (nSPS) is 20.6. The molecule has 0 aromatic heterocycles. The molecule has 14 heavy (non-hydrogen) atoms. The zero-order valence-corrected chi connectivity index (χ0v) is 7.90. The second kappa shape index (κ2) is 3.25. The van der Waals surface area contributed by atoms with E-state index in [9.17, 15) is 18.0 Å². The Morgan fingerprint density at radius 3 is 2.36 bits per heavy atom. The third kappa shape index (κ3) is 2.71. The first-order chi connectivity index (χ1) is 6.21. The number of carbonyl (C=O) groups excluding carboxylic acids is 1. The molecule has 0 unspecified atom stereocenters. The Morgan fingerprint density at radius 1 is 1.43 bits per heavy atom. The van der Waals surface area contributed by atoms with Gasteiger partial charge in [-0.2, -0.15) is 13.2 Å². The molecule has 1 aliphatic heterocycles. The first-order valence-corrected chi connectivity index (χ1v) is 4.18. The Balaban J connectivity index is 2.54. The van der Waals surface area contributed by atoms with Gasteiger partial charge in [-0.15, -0.1) is 0 Å². The first kappa shape index (κ1) is 11.0. The van der Waals surface area contributed by atoms with Crippen LogP contribution in [0.25, 0.3) is 0 Å². The lowest BCUT2D eigenvalue weighted by Crippen LogP contribution is -2.34. The van der Waals surface area contributed by atoms with E-state index in [1.54, 1.807) is 13.8 Å². The summed E-state index contributed by atoms with van der Waals surface area (Å²) in [4.78, 5) is 15.0. The number of amidine groups is 1. The van der Waals surface area contributed by atoms with Gasteiger partial charge in [-0.05, 0) is 13.8 Å². The predicted molar refractivity (Wildman–Crippen MR) is 44.9 cm³/mol. The number of alkyl halides is 3. The number of halogens is 3. The average Bonchev–Trinajstić information content (AvgIpc) is 2.21. The van der Waals surface area contributed by atoms with Gasteiger partial charge in [-0.1, -0.05) is 0 Å². The van der Waals surface area contributed by atoms with Gasteiger partial charge in [0.1, 0.15) is 11.4 Å². The Morgan fingerprint density at radius 2 is 2.00 bits per heavy atom. The van der Waals surface area contributed by atoms with Crippen LogP contribution in [-0.4, -0.2) is 23.5 Å². The predicted octanol–water partition coefficient (Wildman–Crippen LogP) is 1.64. The zero-order valence-electron chi connectivity index (χ0n) is 7.90. The molecule has 0 saturated carbocycles. The summed E-state index contributed by atoms with van der Waals surface area (Å²) in [5.74, 6) is -0.230. The van der Waals surface area contributed by atoms with E-state index in [0.717, 1.165) is 0 Å². The molecule has 0 radical (unpaired) electrons. The van der Waals surface area contributed by atoms with Gasteiger partial charge < -0.3 is 5.32 Å². The van der Waals surface area contributed by atoms with Crippen molar-refractivity contribution in [2.45, 2.75) is 38.4 Å². The van der Waals surface area contributed by atoms with Crippen molar-refractivity contribution < 1.29 is 18.0 Å². The number of amides is 1. The molecule has 0 saturated heterocycles. The lowest BCUT2D eigenvalue weighted by atomic mass is 10.1. The van der Waals surface area contributed by atoms with Gasteiger partial charge in [0.25, 0.3) is 5.91 Å². The molecule has 0 atom stereocenters. The van der Waals surface area contributed by atoms with Gasteiger partial charge in [0, 0.05) is 6.42 Å². The third-order valence-corrected chi connectivity index (χ3v) is 1.87. The summed E-state index contributed by atoms with van der Waals surface area (Å²) >= 11 is 0. The standard InChI is InChI=1S/C8H11F3N2O/c1-7(2)6(14)12-5(13-7)3-4-8(9,10)11/h3-4H2,1-2H3,(H,12,13,14). The molecule has 0 spiro atoms. The minimum atomic E-state index is -4.21. The summed E-state index contributed by atoms with van der Waals surface area (Å²) in [6.07, 6.45) is -5.43. The topological polar surface area (TPSA) is 41.5 Å². The summed E-state index contributed by atoms with van der Waals surface area (Å²) in [7, 11) is 0. The highest BCUT2D eigenvalue weighted by molar-refractivity contribution is 6.07. The Hall–Kier alpha value is -1.07. The van der Waals surface area contributed by atoms with E-state index < -0.39 is 18.1 Å². The number of aliphatic imine (C=N–C) groups is 1. The summed E-state index contributed by atoms with van der Waals surface area (Å²) in [6.45, 7) is 3.12. The maximum atomic E-state index is 11.8.